The second-order valence-corrected chi connectivity index (χ2v) is 8.73. The lowest BCUT2D eigenvalue weighted by Gasteiger charge is -2.38. The van der Waals surface area contributed by atoms with Gasteiger partial charge in [0.2, 0.25) is 0 Å². The van der Waals surface area contributed by atoms with Gasteiger partial charge in [-0.3, -0.25) is 0 Å². The summed E-state index contributed by atoms with van der Waals surface area (Å²) in [6.45, 7) is 5.41. The van der Waals surface area contributed by atoms with Crippen molar-refractivity contribution in [3.05, 3.63) is 0 Å². The minimum Gasteiger partial charge on any atom is -0.379 e. The normalized spacial score (nSPS) is 44.1. The van der Waals surface area contributed by atoms with Crippen LogP contribution >= 0.6 is 0 Å². The maximum atomic E-state index is 5.83. The van der Waals surface area contributed by atoms with Crippen molar-refractivity contribution in [2.24, 2.45) is 47.2 Å². The van der Waals surface area contributed by atoms with Gasteiger partial charge in [0.1, 0.15) is 0 Å². The summed E-state index contributed by atoms with van der Waals surface area (Å²) in [5.41, 5.74) is 4.50. The monoisotopic (exact) mass is 321 g/mol. The average molecular weight is 322 g/mol. The van der Waals surface area contributed by atoms with Crippen LogP contribution in [0, 0.1) is 41.4 Å². The van der Waals surface area contributed by atoms with Gasteiger partial charge in [0.05, 0.1) is 6.10 Å². The second kappa shape index (κ2) is 7.87. The van der Waals surface area contributed by atoms with E-state index in [1.807, 2.05) is 0 Å². The Morgan fingerprint density at radius 2 is 1.70 bits per heavy atom. The number of ether oxygens (including phenoxy) is 1. The number of hydrogen-bond acceptors (Lipinski definition) is 2. The lowest BCUT2D eigenvalue weighted by Crippen LogP contribution is -2.32. The molecule has 2 heteroatoms. The van der Waals surface area contributed by atoms with Crippen LogP contribution in [-0.2, 0) is 4.74 Å². The summed E-state index contributed by atoms with van der Waals surface area (Å²) < 4.78 is 5.83. The third-order valence-corrected chi connectivity index (χ3v) is 7.82. The molecule has 2 N–H and O–H groups in total. The Kier molecular flexibility index (Phi) is 6.07. The minimum absolute atomic E-state index is 0.460. The van der Waals surface area contributed by atoms with Gasteiger partial charge in [0.15, 0.2) is 0 Å². The van der Waals surface area contributed by atoms with Crippen molar-refractivity contribution in [3.63, 3.8) is 0 Å². The molecule has 4 bridgehead atoms. The van der Waals surface area contributed by atoms with Gasteiger partial charge in [-0.2, -0.15) is 0 Å². The van der Waals surface area contributed by atoms with Crippen molar-refractivity contribution in [2.75, 3.05) is 13.7 Å². The van der Waals surface area contributed by atoms with Gasteiger partial charge in [-0.25, -0.2) is 0 Å². The first kappa shape index (κ1) is 17.7. The molecule has 23 heavy (non-hydrogen) atoms. The van der Waals surface area contributed by atoms with Crippen molar-refractivity contribution >= 4 is 0 Å². The lowest BCUT2D eigenvalue weighted by molar-refractivity contribution is 0.0576. The Morgan fingerprint density at radius 3 is 2.43 bits per heavy atom. The van der Waals surface area contributed by atoms with Crippen LogP contribution in [-0.4, -0.2) is 19.8 Å². The van der Waals surface area contributed by atoms with Gasteiger partial charge in [-0.05, 0) is 100 Å². The van der Waals surface area contributed by atoms with E-state index in [2.05, 4.69) is 19.6 Å². The number of nitrogens with two attached hydrogens (primary N) is 1. The zero-order valence-electron chi connectivity index (χ0n) is 15.7. The SMILES string of the molecule is CCC(C)OCCCCC1CC2CC1C1C3CCC(C3)C21.CN. The molecule has 0 aliphatic heterocycles. The Bertz CT molecular complexity index is 371. The summed E-state index contributed by atoms with van der Waals surface area (Å²) in [5.74, 6) is 8.09. The fourth-order valence-corrected chi connectivity index (χ4v) is 6.95. The van der Waals surface area contributed by atoms with Gasteiger partial charge in [0.25, 0.3) is 0 Å². The molecule has 4 fully saturated rings. The average Bonchev–Trinajstić information content (AvgIpc) is 3.34. The summed E-state index contributed by atoms with van der Waals surface area (Å²) in [5, 5.41) is 0. The molecule has 8 atom stereocenters. The van der Waals surface area contributed by atoms with Crippen molar-refractivity contribution in [2.45, 2.75) is 77.7 Å². The van der Waals surface area contributed by atoms with Gasteiger partial charge in [0, 0.05) is 6.61 Å². The molecule has 4 aliphatic rings. The van der Waals surface area contributed by atoms with Crippen molar-refractivity contribution in [1.82, 2.24) is 0 Å². The molecule has 4 aliphatic carbocycles. The van der Waals surface area contributed by atoms with E-state index in [1.54, 1.807) is 32.1 Å². The first-order valence-electron chi connectivity index (χ1n) is 10.5. The molecule has 0 aromatic heterocycles. The number of fused-ring (bicyclic) bond motifs is 9. The maximum absolute atomic E-state index is 5.83. The smallest absolute Gasteiger partial charge is 0.0544 e. The molecule has 4 rings (SSSR count). The van der Waals surface area contributed by atoms with Crippen molar-refractivity contribution in [1.29, 1.82) is 0 Å². The van der Waals surface area contributed by atoms with E-state index >= 15 is 0 Å². The standard InChI is InChI=1S/C20H34O.CH5N/c1-3-13(2)21-9-5-4-6-14-10-17-12-18(14)20-16-8-7-15(11-16)19(17)20;1-2/h13-20H,3-12H2,1-2H3;2H2,1H3. The highest BCUT2D eigenvalue weighted by Gasteiger charge is 2.61. The number of unbranched alkanes of at least 4 members (excludes halogenated alkanes) is 1. The van der Waals surface area contributed by atoms with E-state index in [0.29, 0.717) is 6.10 Å². The molecule has 8 unspecified atom stereocenters. The van der Waals surface area contributed by atoms with E-state index in [0.717, 1.165) is 36.7 Å². The number of rotatable bonds is 7. The molecule has 134 valence electrons. The van der Waals surface area contributed by atoms with E-state index in [1.165, 1.54) is 44.1 Å². The maximum Gasteiger partial charge on any atom is 0.0544 e. The first-order chi connectivity index (χ1) is 11.3. The molecule has 4 saturated carbocycles. The Hall–Kier alpha value is -0.0800. The zero-order chi connectivity index (χ0) is 16.4. The summed E-state index contributed by atoms with van der Waals surface area (Å²) in [4.78, 5) is 0. The highest BCUT2D eigenvalue weighted by Crippen LogP contribution is 2.69. The molecule has 0 aromatic rings. The molecule has 0 heterocycles. The Balaban J connectivity index is 0.000000753. The van der Waals surface area contributed by atoms with E-state index in [4.69, 9.17) is 4.74 Å². The zero-order valence-corrected chi connectivity index (χ0v) is 15.7. The predicted molar refractivity (Wildman–Crippen MR) is 97.2 cm³/mol. The van der Waals surface area contributed by atoms with Crippen LogP contribution in [0.3, 0.4) is 0 Å². The molecule has 0 aromatic carbocycles. The van der Waals surface area contributed by atoms with Crippen LogP contribution in [0.4, 0.5) is 0 Å². The van der Waals surface area contributed by atoms with Crippen LogP contribution in [0.5, 0.6) is 0 Å². The van der Waals surface area contributed by atoms with E-state index < -0.39 is 0 Å². The number of hydrogen-bond donors (Lipinski definition) is 1. The Labute approximate surface area is 143 Å². The van der Waals surface area contributed by atoms with E-state index in [-0.39, 0.29) is 0 Å². The van der Waals surface area contributed by atoms with Gasteiger partial charge in [-0.15, -0.1) is 0 Å². The van der Waals surface area contributed by atoms with Crippen LogP contribution in [0.1, 0.15) is 71.6 Å². The predicted octanol–water partition coefficient (Wildman–Crippen LogP) is 4.87. The quantitative estimate of drug-likeness (QED) is 0.536. The van der Waals surface area contributed by atoms with Crippen molar-refractivity contribution < 1.29 is 4.74 Å². The Morgan fingerprint density at radius 1 is 0.957 bits per heavy atom. The summed E-state index contributed by atoms with van der Waals surface area (Å²) in [6, 6.07) is 0. The van der Waals surface area contributed by atoms with Crippen molar-refractivity contribution in [3.8, 4) is 0 Å². The molecule has 0 radical (unpaired) electrons. The highest BCUT2D eigenvalue weighted by atomic mass is 16.5. The third kappa shape index (κ3) is 3.35. The fourth-order valence-electron chi connectivity index (χ4n) is 6.95. The third-order valence-electron chi connectivity index (χ3n) is 7.82. The van der Waals surface area contributed by atoms with Gasteiger partial charge >= 0.3 is 0 Å². The molecule has 2 nitrogen and oxygen atoms in total. The molecule has 0 spiro atoms. The molecular formula is C21H39NO. The largest absolute Gasteiger partial charge is 0.379 e. The van der Waals surface area contributed by atoms with Crippen LogP contribution in [0.25, 0.3) is 0 Å². The van der Waals surface area contributed by atoms with Crippen LogP contribution in [0.15, 0.2) is 0 Å². The molecule has 0 saturated heterocycles. The van der Waals surface area contributed by atoms with E-state index in [9.17, 15) is 0 Å². The molecular weight excluding hydrogens is 282 g/mol. The second-order valence-electron chi connectivity index (χ2n) is 8.73. The minimum atomic E-state index is 0.460. The topological polar surface area (TPSA) is 35.2 Å². The fraction of sp³-hybridized carbons (Fsp3) is 1.00. The summed E-state index contributed by atoms with van der Waals surface area (Å²) in [7, 11) is 1.50. The van der Waals surface area contributed by atoms with Gasteiger partial charge in [-0.1, -0.05) is 19.8 Å². The van der Waals surface area contributed by atoms with Crippen LogP contribution in [0.2, 0.25) is 0 Å². The highest BCUT2D eigenvalue weighted by molar-refractivity contribution is 5.10. The first-order valence-corrected chi connectivity index (χ1v) is 10.5. The van der Waals surface area contributed by atoms with Gasteiger partial charge < -0.3 is 10.5 Å². The molecule has 0 amide bonds. The lowest BCUT2D eigenvalue weighted by atomic mass is 9.66. The summed E-state index contributed by atoms with van der Waals surface area (Å²) >= 11 is 0. The van der Waals surface area contributed by atoms with Crippen LogP contribution < -0.4 is 5.73 Å². The summed E-state index contributed by atoms with van der Waals surface area (Å²) in [6.07, 6.45) is 13.8.